The van der Waals surface area contributed by atoms with Gasteiger partial charge in [0.1, 0.15) is 12.1 Å². The fourth-order valence-corrected chi connectivity index (χ4v) is 3.86. The molecule has 3 N–H and O–H groups in total. The summed E-state index contributed by atoms with van der Waals surface area (Å²) in [4.78, 5) is 32.6. The van der Waals surface area contributed by atoms with Gasteiger partial charge < -0.3 is 15.6 Å². The zero-order valence-corrected chi connectivity index (χ0v) is 15.9. The summed E-state index contributed by atoms with van der Waals surface area (Å²) in [6.07, 6.45) is 5.07. The number of piperazine rings is 1. The Bertz CT molecular complexity index is 1170. The van der Waals surface area contributed by atoms with Gasteiger partial charge >= 0.3 is 0 Å². The van der Waals surface area contributed by atoms with Gasteiger partial charge in [-0.15, -0.1) is 0 Å². The summed E-state index contributed by atoms with van der Waals surface area (Å²) in [6, 6.07) is 9.99. The molecule has 4 aromatic rings. The molecule has 29 heavy (non-hydrogen) atoms. The van der Waals surface area contributed by atoms with Gasteiger partial charge in [0.2, 0.25) is 5.91 Å². The molecule has 0 spiro atoms. The van der Waals surface area contributed by atoms with Crippen molar-refractivity contribution in [2.24, 2.45) is 0 Å². The molecular formula is C21H21N7O. The first kappa shape index (κ1) is 17.6. The van der Waals surface area contributed by atoms with E-state index in [0.717, 1.165) is 46.2 Å². The van der Waals surface area contributed by atoms with E-state index < -0.39 is 0 Å². The highest BCUT2D eigenvalue weighted by molar-refractivity contribution is 5.88. The van der Waals surface area contributed by atoms with Gasteiger partial charge in [0, 0.05) is 48.8 Å². The molecule has 8 heteroatoms. The Kier molecular flexibility index (Phi) is 4.33. The molecule has 1 fully saturated rings. The lowest BCUT2D eigenvalue weighted by atomic mass is 10.1. The number of hydrogen-bond acceptors (Lipinski definition) is 6. The van der Waals surface area contributed by atoms with Crippen LogP contribution in [0.3, 0.4) is 0 Å². The van der Waals surface area contributed by atoms with Crippen LogP contribution in [0.2, 0.25) is 0 Å². The maximum absolute atomic E-state index is 12.7. The van der Waals surface area contributed by atoms with E-state index in [-0.39, 0.29) is 5.91 Å². The molecule has 0 aliphatic carbocycles. The number of fused-ring (bicyclic) bond motifs is 2. The third-order valence-electron chi connectivity index (χ3n) is 5.38. The molecule has 1 aromatic carbocycles. The molecule has 5 rings (SSSR count). The highest BCUT2D eigenvalue weighted by atomic mass is 16.2. The van der Waals surface area contributed by atoms with E-state index in [2.05, 4.69) is 30.9 Å². The smallest absolute Gasteiger partial charge is 0.237 e. The Hall–Kier alpha value is -3.52. The number of nitrogens with one attached hydrogen (secondary N) is 1. The lowest BCUT2D eigenvalue weighted by Gasteiger charge is -2.34. The van der Waals surface area contributed by atoms with E-state index in [1.807, 2.05) is 35.4 Å². The van der Waals surface area contributed by atoms with E-state index in [4.69, 9.17) is 5.73 Å². The number of rotatable bonds is 4. The second-order valence-corrected chi connectivity index (χ2v) is 7.39. The van der Waals surface area contributed by atoms with Gasteiger partial charge in [-0.1, -0.05) is 6.07 Å². The Morgan fingerprint density at radius 1 is 1.10 bits per heavy atom. The number of pyridine rings is 1. The highest BCUT2D eigenvalue weighted by Crippen LogP contribution is 2.20. The van der Waals surface area contributed by atoms with Crippen molar-refractivity contribution in [2.45, 2.75) is 13.1 Å². The minimum Gasteiger partial charge on any atom is -0.383 e. The van der Waals surface area contributed by atoms with Crippen molar-refractivity contribution in [1.82, 2.24) is 29.7 Å². The van der Waals surface area contributed by atoms with Crippen molar-refractivity contribution < 1.29 is 4.79 Å². The van der Waals surface area contributed by atoms with E-state index >= 15 is 0 Å². The van der Waals surface area contributed by atoms with Crippen LogP contribution in [0.1, 0.15) is 11.3 Å². The van der Waals surface area contributed by atoms with Crippen molar-refractivity contribution >= 4 is 33.5 Å². The van der Waals surface area contributed by atoms with Gasteiger partial charge in [0.25, 0.3) is 0 Å². The molecule has 0 radical (unpaired) electrons. The lowest BCUT2D eigenvalue weighted by Crippen LogP contribution is -2.49. The first-order chi connectivity index (χ1) is 14.2. The summed E-state index contributed by atoms with van der Waals surface area (Å²) >= 11 is 0. The number of hydrogen-bond donors (Lipinski definition) is 2. The normalized spacial score (nSPS) is 15.4. The van der Waals surface area contributed by atoms with Gasteiger partial charge in [0.05, 0.1) is 23.8 Å². The topological polar surface area (TPSA) is 104 Å². The molecule has 1 aliphatic rings. The van der Waals surface area contributed by atoms with Crippen LogP contribution in [0, 0.1) is 0 Å². The first-order valence-electron chi connectivity index (χ1n) is 9.56. The second-order valence-electron chi connectivity index (χ2n) is 7.39. The first-order valence-corrected chi connectivity index (χ1v) is 9.56. The van der Waals surface area contributed by atoms with Crippen molar-refractivity contribution in [3.8, 4) is 0 Å². The molecule has 1 aliphatic heterocycles. The van der Waals surface area contributed by atoms with Gasteiger partial charge in [-0.2, -0.15) is 0 Å². The minimum absolute atomic E-state index is 0.135. The van der Waals surface area contributed by atoms with E-state index in [1.165, 1.54) is 6.33 Å². The number of aromatic nitrogens is 4. The number of amides is 1. The summed E-state index contributed by atoms with van der Waals surface area (Å²) in [5, 5.41) is 1.97. The van der Waals surface area contributed by atoms with E-state index in [0.29, 0.717) is 25.5 Å². The largest absolute Gasteiger partial charge is 0.383 e. The third-order valence-corrected chi connectivity index (χ3v) is 5.38. The van der Waals surface area contributed by atoms with Crippen LogP contribution in [0.5, 0.6) is 0 Å². The summed E-state index contributed by atoms with van der Waals surface area (Å²) in [6.45, 7) is 3.24. The van der Waals surface area contributed by atoms with Crippen LogP contribution >= 0.6 is 0 Å². The monoisotopic (exact) mass is 387 g/mol. The van der Waals surface area contributed by atoms with Crippen LogP contribution in [0.15, 0.2) is 49.1 Å². The summed E-state index contributed by atoms with van der Waals surface area (Å²) < 4.78 is 0. The fourth-order valence-electron chi connectivity index (χ4n) is 3.86. The zero-order chi connectivity index (χ0) is 19.8. The van der Waals surface area contributed by atoms with Crippen LogP contribution in [-0.4, -0.2) is 55.3 Å². The predicted octanol–water partition coefficient (Wildman–Crippen LogP) is 1.93. The number of H-pyrrole nitrogens is 1. The summed E-state index contributed by atoms with van der Waals surface area (Å²) in [5.41, 5.74) is 9.85. The van der Waals surface area contributed by atoms with E-state index in [1.54, 1.807) is 6.20 Å². The number of nitrogen functional groups attached to an aromatic ring is 1. The number of nitrogens with zero attached hydrogens (tertiary/aromatic N) is 5. The SMILES string of the molecule is Nc1ncnc2cc(CN3CCN(Cc4cc5ccncc5[nH]4)CC3=O)ccc12. The van der Waals surface area contributed by atoms with Crippen LogP contribution in [0.4, 0.5) is 5.82 Å². The van der Waals surface area contributed by atoms with Crippen LogP contribution in [-0.2, 0) is 17.9 Å². The number of benzene rings is 1. The fraction of sp³-hybridized carbons (Fsp3) is 0.238. The van der Waals surface area contributed by atoms with Crippen LogP contribution < -0.4 is 5.73 Å². The van der Waals surface area contributed by atoms with Gasteiger partial charge in [0.15, 0.2) is 0 Å². The average molecular weight is 387 g/mol. The minimum atomic E-state index is 0.135. The number of aromatic amines is 1. The van der Waals surface area contributed by atoms with Gasteiger partial charge in [-0.05, 0) is 29.8 Å². The summed E-state index contributed by atoms with van der Waals surface area (Å²) in [5.74, 6) is 0.607. The number of carbonyl (C=O) groups is 1. The highest BCUT2D eigenvalue weighted by Gasteiger charge is 2.24. The molecule has 1 saturated heterocycles. The molecular weight excluding hydrogens is 366 g/mol. The van der Waals surface area contributed by atoms with Crippen molar-refractivity contribution in [2.75, 3.05) is 25.4 Å². The Labute approximate surface area is 167 Å². The number of nitrogens with two attached hydrogens (primary N) is 1. The molecule has 1 amide bonds. The predicted molar refractivity (Wildman–Crippen MR) is 111 cm³/mol. The molecule has 0 saturated carbocycles. The Morgan fingerprint density at radius 2 is 2.03 bits per heavy atom. The van der Waals surface area contributed by atoms with Crippen LogP contribution in [0.25, 0.3) is 21.8 Å². The standard InChI is InChI=1S/C21H21N7O/c22-21-17-2-1-14(7-18(17)24-13-25-21)10-28-6-5-27(12-20(28)29)11-16-8-15-3-4-23-9-19(15)26-16/h1-4,7-9,13,26H,5-6,10-12H2,(H2,22,24,25). The van der Waals surface area contributed by atoms with Crippen molar-refractivity contribution in [1.29, 1.82) is 0 Å². The van der Waals surface area contributed by atoms with Gasteiger partial charge in [-0.25, -0.2) is 9.97 Å². The zero-order valence-electron chi connectivity index (χ0n) is 15.9. The maximum Gasteiger partial charge on any atom is 0.237 e. The summed E-state index contributed by atoms with van der Waals surface area (Å²) in [7, 11) is 0. The van der Waals surface area contributed by atoms with Crippen molar-refractivity contribution in [3.63, 3.8) is 0 Å². The molecule has 8 nitrogen and oxygen atoms in total. The Balaban J connectivity index is 1.25. The third kappa shape index (κ3) is 3.50. The molecule has 0 unspecified atom stereocenters. The number of anilines is 1. The molecule has 3 aromatic heterocycles. The number of carbonyl (C=O) groups excluding carboxylic acids is 1. The van der Waals surface area contributed by atoms with Crippen molar-refractivity contribution in [3.05, 3.63) is 60.3 Å². The lowest BCUT2D eigenvalue weighted by molar-refractivity contribution is -0.136. The Morgan fingerprint density at radius 3 is 2.90 bits per heavy atom. The maximum atomic E-state index is 12.7. The van der Waals surface area contributed by atoms with Gasteiger partial charge in [-0.3, -0.25) is 14.7 Å². The second kappa shape index (κ2) is 7.14. The molecule has 0 bridgehead atoms. The van der Waals surface area contributed by atoms with E-state index in [9.17, 15) is 4.79 Å². The molecule has 4 heterocycles. The average Bonchev–Trinajstić information content (AvgIpc) is 3.12. The molecule has 0 atom stereocenters. The molecule has 146 valence electrons. The quantitative estimate of drug-likeness (QED) is 0.555.